The molecule has 0 aromatic heterocycles. The maximum absolute atomic E-state index is 11.8. The molecule has 20 heavy (non-hydrogen) atoms. The summed E-state index contributed by atoms with van der Waals surface area (Å²) < 4.78 is 5.06. The van der Waals surface area contributed by atoms with Gasteiger partial charge < -0.3 is 20.5 Å². The van der Waals surface area contributed by atoms with Gasteiger partial charge >= 0.3 is 0 Å². The Morgan fingerprint density at radius 1 is 1.50 bits per heavy atom. The first kappa shape index (κ1) is 16.8. The highest BCUT2D eigenvalue weighted by atomic mass is 35.5. The van der Waals surface area contributed by atoms with Crippen LogP contribution in [-0.4, -0.2) is 37.8 Å². The van der Waals surface area contributed by atoms with Gasteiger partial charge in [-0.15, -0.1) is 12.4 Å². The molecular weight excluding hydrogens is 280 g/mol. The Morgan fingerprint density at radius 3 is 2.75 bits per heavy atom. The lowest BCUT2D eigenvalue weighted by atomic mass is 10.1. The Bertz CT molecular complexity index is 419. The second-order valence-corrected chi connectivity index (χ2v) is 4.72. The zero-order valence-corrected chi connectivity index (χ0v) is 12.3. The summed E-state index contributed by atoms with van der Waals surface area (Å²) in [6.45, 7) is 1.85. The van der Waals surface area contributed by atoms with Crippen molar-refractivity contribution in [2.45, 2.75) is 12.5 Å². The molecule has 0 radical (unpaired) electrons. The van der Waals surface area contributed by atoms with Crippen molar-refractivity contribution in [3.8, 4) is 5.75 Å². The number of hydrogen-bond acceptors (Lipinski definition) is 4. The van der Waals surface area contributed by atoms with Crippen LogP contribution in [0, 0.1) is 5.92 Å². The Balaban J connectivity index is 0.00000200. The normalized spacial score (nSPS) is 19.0. The molecule has 0 spiro atoms. The van der Waals surface area contributed by atoms with Crippen LogP contribution in [0.5, 0.6) is 5.75 Å². The van der Waals surface area contributed by atoms with E-state index in [0.29, 0.717) is 0 Å². The highest BCUT2D eigenvalue weighted by molar-refractivity contribution is 5.85. The van der Waals surface area contributed by atoms with Gasteiger partial charge in [-0.2, -0.15) is 0 Å². The van der Waals surface area contributed by atoms with Crippen LogP contribution >= 0.6 is 12.4 Å². The summed E-state index contributed by atoms with van der Waals surface area (Å²) in [5.41, 5.74) is 0.769. The summed E-state index contributed by atoms with van der Waals surface area (Å²) in [4.78, 5) is 11.8. The van der Waals surface area contributed by atoms with Crippen LogP contribution < -0.4 is 15.4 Å². The Labute approximate surface area is 125 Å². The number of aliphatic hydroxyl groups is 1. The maximum atomic E-state index is 11.8. The molecule has 1 aliphatic heterocycles. The van der Waals surface area contributed by atoms with Crippen LogP contribution in [0.2, 0.25) is 0 Å². The Hall–Kier alpha value is -1.30. The number of amides is 1. The van der Waals surface area contributed by atoms with Crippen molar-refractivity contribution < 1.29 is 14.6 Å². The monoisotopic (exact) mass is 300 g/mol. The highest BCUT2D eigenvalue weighted by Gasteiger charge is 2.22. The van der Waals surface area contributed by atoms with Crippen LogP contribution in [0.15, 0.2) is 24.3 Å². The number of aliphatic hydroxyl groups excluding tert-OH is 1. The third-order valence-electron chi connectivity index (χ3n) is 3.40. The van der Waals surface area contributed by atoms with Crippen molar-refractivity contribution in [2.24, 2.45) is 5.92 Å². The summed E-state index contributed by atoms with van der Waals surface area (Å²) in [5, 5.41) is 15.9. The summed E-state index contributed by atoms with van der Waals surface area (Å²) in [5.74, 6) is 0.789. The first-order valence-electron chi connectivity index (χ1n) is 6.51. The quantitative estimate of drug-likeness (QED) is 0.755. The van der Waals surface area contributed by atoms with E-state index in [1.165, 1.54) is 0 Å². The molecule has 2 unspecified atom stereocenters. The first-order valence-corrected chi connectivity index (χ1v) is 6.51. The largest absolute Gasteiger partial charge is 0.497 e. The number of nitrogens with one attached hydrogen (secondary N) is 2. The van der Waals surface area contributed by atoms with Crippen molar-refractivity contribution in [3.05, 3.63) is 29.8 Å². The van der Waals surface area contributed by atoms with Gasteiger partial charge in [0.15, 0.2) is 0 Å². The maximum Gasteiger partial charge on any atom is 0.224 e. The van der Waals surface area contributed by atoms with E-state index in [2.05, 4.69) is 10.6 Å². The van der Waals surface area contributed by atoms with Crippen LogP contribution in [0.4, 0.5) is 0 Å². The molecule has 6 heteroatoms. The fraction of sp³-hybridized carbons (Fsp3) is 0.500. The smallest absolute Gasteiger partial charge is 0.224 e. The van der Waals surface area contributed by atoms with E-state index in [0.717, 1.165) is 30.8 Å². The molecule has 1 aromatic carbocycles. The molecule has 2 atom stereocenters. The fourth-order valence-corrected chi connectivity index (χ4v) is 2.16. The zero-order chi connectivity index (χ0) is 13.7. The molecule has 0 saturated carbocycles. The number of hydrogen-bond donors (Lipinski definition) is 3. The second-order valence-electron chi connectivity index (χ2n) is 4.72. The number of halogens is 1. The van der Waals surface area contributed by atoms with E-state index in [9.17, 15) is 9.90 Å². The molecule has 1 saturated heterocycles. The highest BCUT2D eigenvalue weighted by Crippen LogP contribution is 2.17. The van der Waals surface area contributed by atoms with E-state index in [4.69, 9.17) is 4.74 Å². The first-order chi connectivity index (χ1) is 9.20. The van der Waals surface area contributed by atoms with Gasteiger partial charge in [-0.05, 0) is 30.7 Å². The lowest BCUT2D eigenvalue weighted by molar-refractivity contribution is -0.124. The van der Waals surface area contributed by atoms with E-state index in [1.807, 2.05) is 0 Å². The molecule has 1 amide bonds. The van der Waals surface area contributed by atoms with Gasteiger partial charge in [0, 0.05) is 13.1 Å². The molecule has 0 aliphatic carbocycles. The van der Waals surface area contributed by atoms with Crippen LogP contribution in [0.3, 0.4) is 0 Å². The number of carbonyl (C=O) groups excluding carboxylic acids is 1. The molecule has 3 N–H and O–H groups in total. The fourth-order valence-electron chi connectivity index (χ4n) is 2.16. The van der Waals surface area contributed by atoms with Crippen molar-refractivity contribution >= 4 is 18.3 Å². The van der Waals surface area contributed by atoms with Gasteiger partial charge in [0.25, 0.3) is 0 Å². The number of carbonyl (C=O) groups is 1. The number of rotatable bonds is 5. The van der Waals surface area contributed by atoms with E-state index in [-0.39, 0.29) is 30.8 Å². The Kier molecular flexibility index (Phi) is 6.78. The molecular formula is C14H21ClN2O3. The van der Waals surface area contributed by atoms with E-state index < -0.39 is 6.10 Å². The van der Waals surface area contributed by atoms with Crippen molar-refractivity contribution in [3.63, 3.8) is 0 Å². The van der Waals surface area contributed by atoms with Gasteiger partial charge in [0.1, 0.15) is 5.75 Å². The van der Waals surface area contributed by atoms with E-state index in [1.54, 1.807) is 31.4 Å². The van der Waals surface area contributed by atoms with Gasteiger partial charge in [-0.25, -0.2) is 0 Å². The molecule has 112 valence electrons. The predicted molar refractivity (Wildman–Crippen MR) is 79.2 cm³/mol. The summed E-state index contributed by atoms with van der Waals surface area (Å²) in [7, 11) is 1.60. The van der Waals surface area contributed by atoms with Crippen LogP contribution in [0.1, 0.15) is 18.1 Å². The average Bonchev–Trinajstić information content (AvgIpc) is 2.98. The number of ether oxygens (including phenoxy) is 1. The third-order valence-corrected chi connectivity index (χ3v) is 3.40. The molecule has 1 fully saturated rings. The average molecular weight is 301 g/mol. The lowest BCUT2D eigenvalue weighted by Crippen LogP contribution is -2.34. The summed E-state index contributed by atoms with van der Waals surface area (Å²) in [6, 6.07) is 7.18. The van der Waals surface area contributed by atoms with Crippen LogP contribution in [0.25, 0.3) is 0 Å². The number of benzene rings is 1. The Morgan fingerprint density at radius 2 is 2.20 bits per heavy atom. The van der Waals surface area contributed by atoms with E-state index >= 15 is 0 Å². The van der Waals surface area contributed by atoms with Gasteiger partial charge in [-0.1, -0.05) is 12.1 Å². The van der Waals surface area contributed by atoms with Crippen LogP contribution in [-0.2, 0) is 4.79 Å². The molecule has 1 aliphatic rings. The molecule has 1 heterocycles. The van der Waals surface area contributed by atoms with Crippen molar-refractivity contribution in [2.75, 3.05) is 26.7 Å². The minimum Gasteiger partial charge on any atom is -0.497 e. The summed E-state index contributed by atoms with van der Waals surface area (Å²) >= 11 is 0. The summed E-state index contributed by atoms with van der Waals surface area (Å²) in [6.07, 6.45) is 0.175. The molecule has 5 nitrogen and oxygen atoms in total. The van der Waals surface area contributed by atoms with Crippen molar-refractivity contribution in [1.82, 2.24) is 10.6 Å². The molecule has 2 rings (SSSR count). The lowest BCUT2D eigenvalue weighted by Gasteiger charge is -2.14. The van der Waals surface area contributed by atoms with Gasteiger partial charge in [0.2, 0.25) is 5.91 Å². The topological polar surface area (TPSA) is 70.6 Å². The number of methoxy groups -OCH3 is 1. The van der Waals surface area contributed by atoms with Crippen molar-refractivity contribution in [1.29, 1.82) is 0 Å². The second kappa shape index (κ2) is 8.09. The SMILES string of the molecule is COc1ccc(C(O)CNC(=O)C2CCNC2)cc1.Cl. The third kappa shape index (κ3) is 4.37. The minimum absolute atomic E-state index is 0. The standard InChI is InChI=1S/C14H20N2O3.ClH/c1-19-12-4-2-10(3-5-12)13(17)9-16-14(18)11-6-7-15-8-11;/h2-5,11,13,15,17H,6-9H2,1H3,(H,16,18);1H. The minimum atomic E-state index is -0.691. The molecule has 1 aromatic rings. The van der Waals surface area contributed by atoms with Gasteiger partial charge in [-0.3, -0.25) is 4.79 Å². The predicted octanol–water partition coefficient (Wildman–Crippen LogP) is 0.876. The van der Waals surface area contributed by atoms with Gasteiger partial charge in [0.05, 0.1) is 19.1 Å². The molecule has 0 bridgehead atoms. The zero-order valence-electron chi connectivity index (χ0n) is 11.5.